The van der Waals surface area contributed by atoms with Crippen molar-refractivity contribution in [3.63, 3.8) is 0 Å². The number of primary amides is 1. The lowest BCUT2D eigenvalue weighted by Gasteiger charge is -2.27. The summed E-state index contributed by atoms with van der Waals surface area (Å²) in [6, 6.07) is -11.3. The van der Waals surface area contributed by atoms with E-state index in [2.05, 4.69) is 41.9 Å². The number of hydrogen-bond acceptors (Lipinski definition) is 14. The first-order chi connectivity index (χ1) is 27.5. The number of carboxylic acids is 2. The standard InChI is InChI=1S/C32H58N14O13/c1-14(2)9-18(26(54)46-20(12-47)28(56)42-17(30(58)59)6-4-8-40-32(37)38)43-27(55)19(11-22(34)49)44-29(57)21(13-48)45-25(53)16(5-3-7-39-31(35)36)41-24(52)15(33)10-23(50)51/h14-21,47-48H,3-13,33H2,1-2H3,(H2,34,49)(H,41,52)(H,42,56)(H,43,55)(H,44,57)(H,45,53)(H,46,54)(H,50,51)(H,58,59)(H4,35,36,39)(H4,37,38,40)/t15-,16-,17-,18-,19-,20-,21-/m0/s1. The number of guanidine groups is 2. The van der Waals surface area contributed by atoms with Crippen molar-refractivity contribution in [2.24, 2.45) is 50.3 Å². The van der Waals surface area contributed by atoms with E-state index in [4.69, 9.17) is 39.5 Å². The maximum absolute atomic E-state index is 13.5. The molecule has 59 heavy (non-hydrogen) atoms. The van der Waals surface area contributed by atoms with Crippen molar-refractivity contribution in [2.75, 3.05) is 26.3 Å². The smallest absolute Gasteiger partial charge is 0.326 e. The van der Waals surface area contributed by atoms with Gasteiger partial charge in [-0.15, -0.1) is 0 Å². The molecule has 7 atom stereocenters. The fourth-order valence-corrected chi connectivity index (χ4v) is 4.96. The Morgan fingerprint density at radius 2 is 0.898 bits per heavy atom. The van der Waals surface area contributed by atoms with Gasteiger partial charge in [0, 0.05) is 13.1 Å². The van der Waals surface area contributed by atoms with E-state index >= 15 is 0 Å². The number of aliphatic hydroxyl groups excluding tert-OH is 2. The molecule has 0 rings (SSSR count). The summed E-state index contributed by atoms with van der Waals surface area (Å²) < 4.78 is 0. The number of aliphatic carboxylic acids is 2. The topological polar surface area (TPSA) is 488 Å². The molecular weight excluding hydrogens is 788 g/mol. The Kier molecular flexibility index (Phi) is 24.4. The van der Waals surface area contributed by atoms with Crippen LogP contribution in [0.5, 0.6) is 0 Å². The zero-order valence-electron chi connectivity index (χ0n) is 32.7. The fourth-order valence-electron chi connectivity index (χ4n) is 4.96. The van der Waals surface area contributed by atoms with E-state index in [0.29, 0.717) is 0 Å². The molecule has 0 aromatic heterocycles. The summed E-state index contributed by atoms with van der Waals surface area (Å²) in [7, 11) is 0. The van der Waals surface area contributed by atoms with Crippen LogP contribution in [0.2, 0.25) is 0 Å². The Balaban J connectivity index is 6.07. The minimum Gasteiger partial charge on any atom is -0.481 e. The number of rotatable bonds is 29. The van der Waals surface area contributed by atoms with Gasteiger partial charge in [0.05, 0.1) is 32.1 Å². The lowest BCUT2D eigenvalue weighted by molar-refractivity contribution is -0.143. The maximum atomic E-state index is 13.5. The van der Waals surface area contributed by atoms with Crippen LogP contribution in [0.3, 0.4) is 0 Å². The lowest BCUT2D eigenvalue weighted by Crippen LogP contribution is -2.61. The lowest BCUT2D eigenvalue weighted by atomic mass is 10.0. The first-order valence-electron chi connectivity index (χ1n) is 18.2. The third kappa shape index (κ3) is 22.2. The van der Waals surface area contributed by atoms with Crippen molar-refractivity contribution in [3.05, 3.63) is 0 Å². The van der Waals surface area contributed by atoms with Crippen molar-refractivity contribution in [3.8, 4) is 0 Å². The number of carbonyl (C=O) groups is 9. The first kappa shape index (κ1) is 52.6. The normalized spacial score (nSPS) is 14.3. The van der Waals surface area contributed by atoms with Crippen molar-refractivity contribution in [2.45, 2.75) is 101 Å². The van der Waals surface area contributed by atoms with Crippen molar-refractivity contribution < 1.29 is 63.6 Å². The van der Waals surface area contributed by atoms with Gasteiger partial charge in [-0.2, -0.15) is 0 Å². The summed E-state index contributed by atoms with van der Waals surface area (Å²) in [6.07, 6.45) is -1.79. The number of nitrogens with one attached hydrogen (secondary N) is 6. The Bertz CT molecular complexity index is 1540. The van der Waals surface area contributed by atoms with Crippen LogP contribution in [-0.4, -0.2) is 154 Å². The molecule has 0 aromatic rings. The number of aliphatic imine (C=N–C) groups is 2. The molecule has 0 fully saturated rings. The van der Waals surface area contributed by atoms with Gasteiger partial charge in [0.1, 0.15) is 36.3 Å². The number of carbonyl (C=O) groups excluding carboxylic acids is 7. The van der Waals surface area contributed by atoms with Crippen molar-refractivity contribution >= 4 is 65.2 Å². The molecule has 0 bridgehead atoms. The predicted molar refractivity (Wildman–Crippen MR) is 207 cm³/mol. The highest BCUT2D eigenvalue weighted by atomic mass is 16.4. The minimum atomic E-state index is -1.82. The maximum Gasteiger partial charge on any atom is 0.326 e. The summed E-state index contributed by atoms with van der Waals surface area (Å²) in [5.74, 6) is -11.3. The van der Waals surface area contributed by atoms with Crippen LogP contribution in [0, 0.1) is 5.92 Å². The van der Waals surface area contributed by atoms with Crippen LogP contribution >= 0.6 is 0 Å². The van der Waals surface area contributed by atoms with Crippen LogP contribution in [0.4, 0.5) is 0 Å². The fraction of sp³-hybridized carbons (Fsp3) is 0.656. The second-order valence-electron chi connectivity index (χ2n) is 13.5. The molecule has 27 heteroatoms. The highest BCUT2D eigenvalue weighted by Gasteiger charge is 2.34. The molecule has 0 aliphatic heterocycles. The zero-order chi connectivity index (χ0) is 45.4. The average Bonchev–Trinajstić information content (AvgIpc) is 3.13. The summed E-state index contributed by atoms with van der Waals surface area (Å²) in [5, 5.41) is 51.7. The molecule has 22 N–H and O–H groups in total. The third-order valence-corrected chi connectivity index (χ3v) is 7.88. The van der Waals surface area contributed by atoms with Gasteiger partial charge >= 0.3 is 11.9 Å². The average molecular weight is 847 g/mol. The Morgan fingerprint density at radius 1 is 0.525 bits per heavy atom. The van der Waals surface area contributed by atoms with Crippen LogP contribution in [-0.2, 0) is 43.2 Å². The van der Waals surface area contributed by atoms with E-state index < -0.39 is 122 Å². The van der Waals surface area contributed by atoms with Crippen LogP contribution in [0.1, 0.15) is 58.8 Å². The summed E-state index contributed by atoms with van der Waals surface area (Å²) >= 11 is 0. The molecule has 0 heterocycles. The molecule has 0 radical (unpaired) electrons. The van der Waals surface area contributed by atoms with Gasteiger partial charge in [-0.3, -0.25) is 48.3 Å². The van der Waals surface area contributed by atoms with Crippen molar-refractivity contribution in [1.29, 1.82) is 0 Å². The third-order valence-electron chi connectivity index (χ3n) is 7.88. The van der Waals surface area contributed by atoms with Gasteiger partial charge in [-0.1, -0.05) is 13.8 Å². The van der Waals surface area contributed by atoms with E-state index in [1.54, 1.807) is 13.8 Å². The monoisotopic (exact) mass is 846 g/mol. The highest BCUT2D eigenvalue weighted by molar-refractivity contribution is 5.98. The molecule has 0 aromatic carbocycles. The number of nitrogens with two attached hydrogens (primary N) is 6. The van der Waals surface area contributed by atoms with E-state index in [-0.39, 0.29) is 63.0 Å². The van der Waals surface area contributed by atoms with E-state index in [0.717, 1.165) is 0 Å². The first-order valence-corrected chi connectivity index (χ1v) is 18.2. The van der Waals surface area contributed by atoms with Gasteiger partial charge in [-0.05, 0) is 38.0 Å². The highest BCUT2D eigenvalue weighted by Crippen LogP contribution is 2.08. The molecule has 0 saturated heterocycles. The molecule has 7 amide bonds. The van der Waals surface area contributed by atoms with Crippen LogP contribution < -0.4 is 66.3 Å². The van der Waals surface area contributed by atoms with Crippen molar-refractivity contribution in [1.82, 2.24) is 31.9 Å². The molecule has 334 valence electrons. The Morgan fingerprint density at radius 3 is 1.31 bits per heavy atom. The molecule has 0 spiro atoms. The summed E-state index contributed by atoms with van der Waals surface area (Å²) in [6.45, 7) is 1.30. The van der Waals surface area contributed by atoms with Gasteiger partial charge < -0.3 is 86.7 Å². The Hall–Kier alpha value is -6.35. The molecule has 0 aliphatic rings. The number of amides is 7. The van der Waals surface area contributed by atoms with Gasteiger partial charge in [0.25, 0.3) is 0 Å². The van der Waals surface area contributed by atoms with Crippen LogP contribution in [0.25, 0.3) is 0 Å². The molecular formula is C32H58N14O13. The second kappa shape index (κ2) is 27.3. The van der Waals surface area contributed by atoms with E-state index in [1.807, 2.05) is 0 Å². The SMILES string of the molecule is CC(C)C[C@H](NC(=O)[C@H](CC(N)=O)NC(=O)[C@H](CO)NC(=O)[C@H](CCCN=C(N)N)NC(=O)[C@@H](N)CC(=O)O)C(=O)N[C@@H](CO)C(=O)N[C@@H](CCCN=C(N)N)C(=O)O. The Labute approximate surface area is 338 Å². The number of nitrogens with zero attached hydrogens (tertiary/aromatic N) is 2. The van der Waals surface area contributed by atoms with E-state index in [9.17, 15) is 58.5 Å². The molecule has 0 saturated carbocycles. The summed E-state index contributed by atoms with van der Waals surface area (Å²) in [5.41, 5.74) is 32.0. The molecule has 27 nitrogen and oxygen atoms in total. The quantitative estimate of drug-likeness (QED) is 0.0189. The van der Waals surface area contributed by atoms with Gasteiger partial charge in [0.15, 0.2) is 11.9 Å². The molecule has 0 unspecified atom stereocenters. The largest absolute Gasteiger partial charge is 0.481 e. The summed E-state index contributed by atoms with van der Waals surface area (Å²) in [4.78, 5) is 121. The second-order valence-corrected chi connectivity index (χ2v) is 13.5. The minimum absolute atomic E-state index is 0.00532. The van der Waals surface area contributed by atoms with Gasteiger partial charge in [0.2, 0.25) is 41.4 Å². The predicted octanol–water partition coefficient (Wildman–Crippen LogP) is -8.20. The number of aliphatic hydroxyl groups is 2. The van der Waals surface area contributed by atoms with E-state index in [1.165, 1.54) is 0 Å². The van der Waals surface area contributed by atoms with Gasteiger partial charge in [-0.25, -0.2) is 4.79 Å². The number of carboxylic acid groups (broad SMARTS) is 2. The number of hydrogen-bond donors (Lipinski definition) is 16. The molecule has 0 aliphatic carbocycles. The van der Waals surface area contributed by atoms with Crippen LogP contribution in [0.15, 0.2) is 9.98 Å². The zero-order valence-corrected chi connectivity index (χ0v) is 32.7.